The normalized spacial score (nSPS) is 9.43. The van der Waals surface area contributed by atoms with Crippen molar-refractivity contribution in [3.63, 3.8) is 0 Å². The Kier molecular flexibility index (Phi) is 4.28. The van der Waals surface area contributed by atoms with E-state index in [-0.39, 0.29) is 57.3 Å². The Morgan fingerprint density at radius 2 is 1.64 bits per heavy atom. The molecule has 0 atom stereocenters. The van der Waals surface area contributed by atoms with Crippen LogP contribution in [0.1, 0.15) is 10.4 Å². The van der Waals surface area contributed by atoms with Crippen molar-refractivity contribution in [2.75, 3.05) is 0 Å². The molecule has 0 unspecified atom stereocenters. The van der Waals surface area contributed by atoms with E-state index in [2.05, 4.69) is 0 Å². The first kappa shape index (κ1) is 11.9. The molecule has 0 saturated heterocycles. The number of rotatable bonds is 1. The molecule has 0 aromatic heterocycles. The van der Waals surface area contributed by atoms with Gasteiger partial charge in [0, 0.05) is 56.9 Å². The van der Waals surface area contributed by atoms with E-state index in [1.165, 1.54) is 0 Å². The summed E-state index contributed by atoms with van der Waals surface area (Å²) in [6.45, 7) is 0. The molecule has 2 aromatic carbocycles. The van der Waals surface area contributed by atoms with Gasteiger partial charge in [0.05, 0.1) is 0 Å². The molecule has 0 saturated carbocycles. The van der Waals surface area contributed by atoms with Gasteiger partial charge in [0.1, 0.15) is 0 Å². The summed E-state index contributed by atoms with van der Waals surface area (Å²) in [6.07, 6.45) is 0. The third-order valence-corrected chi connectivity index (χ3v) is 2.06. The second kappa shape index (κ2) is 5.05. The summed E-state index contributed by atoms with van der Waals surface area (Å²) in [5, 5.41) is 1.95. The van der Waals surface area contributed by atoms with E-state index in [0.717, 1.165) is 10.8 Å². The van der Waals surface area contributed by atoms with E-state index in [4.69, 9.17) is 5.73 Å². The van der Waals surface area contributed by atoms with Gasteiger partial charge in [-0.3, -0.25) is 4.79 Å². The summed E-state index contributed by atoms with van der Waals surface area (Å²) < 4.78 is 0. The van der Waals surface area contributed by atoms with E-state index < -0.39 is 0 Å². The Balaban J connectivity index is 0.000000980. The van der Waals surface area contributed by atoms with Gasteiger partial charge in [0.15, 0.2) is 0 Å². The zero-order valence-electron chi connectivity index (χ0n) is 8.03. The fourth-order valence-electron chi connectivity index (χ4n) is 1.44. The van der Waals surface area contributed by atoms with Crippen LogP contribution in [0.15, 0.2) is 42.5 Å². The molecular weight excluding hydrogens is 201 g/mol. The predicted octanol–water partition coefficient (Wildman–Crippen LogP) is 1.56. The first-order valence-electron chi connectivity index (χ1n) is 4.06. The van der Waals surface area contributed by atoms with Crippen LogP contribution in [-0.2, 0) is 0 Å². The first-order valence-corrected chi connectivity index (χ1v) is 4.06. The monoisotopic (exact) mass is 210 g/mol. The van der Waals surface area contributed by atoms with Crippen LogP contribution in [0.4, 0.5) is 0 Å². The molecule has 0 fully saturated rings. The molecule has 3 heteroatoms. The summed E-state index contributed by atoms with van der Waals surface area (Å²) in [6, 6.07) is 13.2. The largest absolute Gasteiger partial charge is 0.366 e. The molecule has 1 amide bonds. The molecule has 14 heavy (non-hydrogen) atoms. The summed E-state index contributed by atoms with van der Waals surface area (Å²) in [5.74, 6) is -0.378. The quantitative estimate of drug-likeness (QED) is 0.713. The molecule has 0 spiro atoms. The molecule has 0 bridgehead atoms. The first-order chi connectivity index (χ1) is 6.29. The maximum atomic E-state index is 11.0. The van der Waals surface area contributed by atoms with Crippen LogP contribution in [0.3, 0.4) is 0 Å². The Morgan fingerprint density at radius 1 is 1.00 bits per heavy atom. The SMILES string of the molecule is NC(=O)c1cccc2ccccc12.[K]. The fraction of sp³-hybridized carbons (Fsp3) is 0. The van der Waals surface area contributed by atoms with E-state index in [9.17, 15) is 4.79 Å². The van der Waals surface area contributed by atoms with Crippen LogP contribution < -0.4 is 5.73 Å². The smallest absolute Gasteiger partial charge is 0.249 e. The van der Waals surface area contributed by atoms with E-state index >= 15 is 0 Å². The van der Waals surface area contributed by atoms with Crippen LogP contribution in [0.2, 0.25) is 0 Å². The van der Waals surface area contributed by atoms with Crippen molar-refractivity contribution < 1.29 is 4.79 Å². The third kappa shape index (κ3) is 2.24. The van der Waals surface area contributed by atoms with Gasteiger partial charge in [-0.25, -0.2) is 0 Å². The number of primary amides is 1. The summed E-state index contributed by atoms with van der Waals surface area (Å²) in [7, 11) is 0. The number of fused-ring (bicyclic) bond motifs is 1. The van der Waals surface area contributed by atoms with Crippen molar-refractivity contribution in [3.05, 3.63) is 48.0 Å². The minimum atomic E-state index is -0.378. The number of nitrogens with two attached hydrogens (primary N) is 1. The van der Waals surface area contributed by atoms with Gasteiger partial charge in [-0.1, -0.05) is 36.4 Å². The van der Waals surface area contributed by atoms with Crippen molar-refractivity contribution in [1.29, 1.82) is 0 Å². The maximum absolute atomic E-state index is 11.0. The molecular formula is C11H9KNO. The molecule has 0 aliphatic heterocycles. The van der Waals surface area contributed by atoms with Crippen LogP contribution in [0.5, 0.6) is 0 Å². The number of carbonyl (C=O) groups excluding carboxylic acids is 1. The second-order valence-corrected chi connectivity index (χ2v) is 2.89. The van der Waals surface area contributed by atoms with Gasteiger partial charge in [-0.2, -0.15) is 0 Å². The van der Waals surface area contributed by atoms with Gasteiger partial charge >= 0.3 is 0 Å². The third-order valence-electron chi connectivity index (χ3n) is 2.06. The molecule has 0 aliphatic carbocycles. The zero-order valence-corrected chi connectivity index (χ0v) is 11.2. The summed E-state index contributed by atoms with van der Waals surface area (Å²) >= 11 is 0. The van der Waals surface area contributed by atoms with Gasteiger partial charge in [0.2, 0.25) is 5.91 Å². The minimum Gasteiger partial charge on any atom is -0.366 e. The molecule has 2 N–H and O–H groups in total. The number of carbonyl (C=O) groups is 1. The summed E-state index contributed by atoms with van der Waals surface area (Å²) in [4.78, 5) is 11.0. The average molecular weight is 210 g/mol. The van der Waals surface area contributed by atoms with E-state index in [1.807, 2.05) is 36.4 Å². The van der Waals surface area contributed by atoms with Crippen molar-refractivity contribution in [1.82, 2.24) is 0 Å². The number of hydrogen-bond acceptors (Lipinski definition) is 1. The Labute approximate surface area is 125 Å². The van der Waals surface area contributed by atoms with E-state index in [1.54, 1.807) is 6.07 Å². The van der Waals surface area contributed by atoms with E-state index in [0.29, 0.717) is 5.56 Å². The molecule has 2 aromatic rings. The Hall–Kier alpha value is -0.194. The van der Waals surface area contributed by atoms with Gasteiger partial charge in [-0.15, -0.1) is 0 Å². The fourth-order valence-corrected chi connectivity index (χ4v) is 1.44. The molecule has 2 nitrogen and oxygen atoms in total. The maximum Gasteiger partial charge on any atom is 0.249 e. The Morgan fingerprint density at radius 3 is 2.36 bits per heavy atom. The zero-order chi connectivity index (χ0) is 9.26. The van der Waals surface area contributed by atoms with Gasteiger partial charge in [0.25, 0.3) is 0 Å². The average Bonchev–Trinajstić information content (AvgIpc) is 2.17. The van der Waals surface area contributed by atoms with Crippen LogP contribution in [0.25, 0.3) is 10.8 Å². The number of benzene rings is 2. The standard InChI is InChI=1S/C11H9NO.K/c12-11(13)10-7-3-5-8-4-1-2-6-9(8)10;/h1-7H,(H2,12,13);. The van der Waals surface area contributed by atoms with Crippen molar-refractivity contribution in [2.45, 2.75) is 0 Å². The second-order valence-electron chi connectivity index (χ2n) is 2.89. The minimum absolute atomic E-state index is 0. The number of hydrogen-bond donors (Lipinski definition) is 1. The van der Waals surface area contributed by atoms with Crippen molar-refractivity contribution >= 4 is 68.1 Å². The van der Waals surface area contributed by atoms with Crippen LogP contribution in [-0.4, -0.2) is 57.3 Å². The van der Waals surface area contributed by atoms with Crippen molar-refractivity contribution in [3.8, 4) is 0 Å². The molecule has 0 heterocycles. The summed E-state index contributed by atoms with van der Waals surface area (Å²) in [5.41, 5.74) is 5.82. The predicted molar refractivity (Wildman–Crippen MR) is 58.2 cm³/mol. The topological polar surface area (TPSA) is 43.1 Å². The molecule has 0 aliphatic rings. The van der Waals surface area contributed by atoms with Crippen LogP contribution in [0, 0.1) is 0 Å². The van der Waals surface area contributed by atoms with Gasteiger partial charge in [-0.05, 0) is 16.8 Å². The Bertz CT molecular complexity index is 462. The van der Waals surface area contributed by atoms with Gasteiger partial charge < -0.3 is 5.73 Å². The molecule has 2 rings (SSSR count). The molecule has 1 radical (unpaired) electrons. The van der Waals surface area contributed by atoms with Crippen LogP contribution >= 0.6 is 0 Å². The molecule has 65 valence electrons. The van der Waals surface area contributed by atoms with Crippen molar-refractivity contribution in [2.24, 2.45) is 5.73 Å². The number of amides is 1.